The van der Waals surface area contributed by atoms with Gasteiger partial charge in [-0.3, -0.25) is 4.79 Å². The molecule has 0 radical (unpaired) electrons. The molecule has 2 aromatic rings. The molecule has 0 aliphatic heterocycles. The van der Waals surface area contributed by atoms with E-state index in [9.17, 15) is 9.90 Å². The molecule has 4 heteroatoms. The van der Waals surface area contributed by atoms with Crippen molar-refractivity contribution in [2.45, 2.75) is 31.0 Å². The quantitative estimate of drug-likeness (QED) is 0.713. The number of nitrogens with two attached hydrogens (primary N) is 2. The molecule has 0 aromatic heterocycles. The third kappa shape index (κ3) is 4.49. The second-order valence-electron chi connectivity index (χ2n) is 5.50. The smallest absolute Gasteiger partial charge is 0.179 e. The average molecular weight is 298 g/mol. The van der Waals surface area contributed by atoms with E-state index < -0.39 is 24.0 Å². The molecule has 4 nitrogen and oxygen atoms in total. The minimum Gasteiger partial charge on any atom is -0.384 e. The molecule has 0 spiro atoms. The Bertz CT molecular complexity index is 587. The van der Waals surface area contributed by atoms with Gasteiger partial charge in [0.05, 0.1) is 6.04 Å². The molecule has 0 saturated heterocycles. The Kier molecular flexibility index (Phi) is 5.83. The fourth-order valence-electron chi connectivity index (χ4n) is 2.40. The lowest BCUT2D eigenvalue weighted by molar-refractivity contribution is -0.129. The maximum Gasteiger partial charge on any atom is 0.179 e. The van der Waals surface area contributed by atoms with Gasteiger partial charge in [0.25, 0.3) is 0 Å². The first-order valence-electron chi connectivity index (χ1n) is 7.38. The number of carbonyl (C=O) groups is 1. The zero-order valence-corrected chi connectivity index (χ0v) is 12.4. The van der Waals surface area contributed by atoms with E-state index in [1.807, 2.05) is 60.7 Å². The average Bonchev–Trinajstić information content (AvgIpc) is 2.55. The fourth-order valence-corrected chi connectivity index (χ4v) is 2.40. The van der Waals surface area contributed by atoms with Crippen LogP contribution in [0.3, 0.4) is 0 Å². The third-order valence-electron chi connectivity index (χ3n) is 3.68. The van der Waals surface area contributed by atoms with Crippen LogP contribution in [0.1, 0.15) is 11.1 Å². The van der Waals surface area contributed by atoms with Gasteiger partial charge in [-0.15, -0.1) is 0 Å². The van der Waals surface area contributed by atoms with Gasteiger partial charge in [-0.05, 0) is 24.0 Å². The minimum atomic E-state index is -1.25. The second-order valence-corrected chi connectivity index (χ2v) is 5.50. The lowest BCUT2D eigenvalue weighted by Gasteiger charge is -2.21. The van der Waals surface area contributed by atoms with Crippen molar-refractivity contribution in [2.75, 3.05) is 0 Å². The highest BCUT2D eigenvalue weighted by Gasteiger charge is 2.27. The topological polar surface area (TPSA) is 89.3 Å². The van der Waals surface area contributed by atoms with Crippen LogP contribution in [0.15, 0.2) is 60.7 Å². The number of aliphatic hydroxyl groups excluding tert-OH is 1. The van der Waals surface area contributed by atoms with Crippen molar-refractivity contribution in [3.05, 3.63) is 71.8 Å². The maximum atomic E-state index is 12.2. The summed E-state index contributed by atoms with van der Waals surface area (Å²) in [5, 5.41) is 10.1. The second kappa shape index (κ2) is 7.84. The summed E-state index contributed by atoms with van der Waals surface area (Å²) in [6, 6.07) is 17.6. The molecule has 0 fully saturated rings. The van der Waals surface area contributed by atoms with E-state index in [-0.39, 0.29) is 0 Å². The number of Topliss-reactive ketones (excluding diaryl/α,β-unsaturated/α-hetero) is 1. The van der Waals surface area contributed by atoms with Crippen LogP contribution in [-0.2, 0) is 17.6 Å². The molecule has 0 saturated carbocycles. The van der Waals surface area contributed by atoms with Crippen molar-refractivity contribution in [2.24, 2.45) is 11.5 Å². The van der Waals surface area contributed by atoms with Crippen molar-refractivity contribution in [3.8, 4) is 0 Å². The van der Waals surface area contributed by atoms with Crippen LogP contribution in [-0.4, -0.2) is 29.1 Å². The first kappa shape index (κ1) is 16.4. The highest BCUT2D eigenvalue weighted by molar-refractivity contribution is 5.88. The fraction of sp³-hybridized carbons (Fsp3) is 0.278. The van der Waals surface area contributed by atoms with Gasteiger partial charge in [-0.2, -0.15) is 0 Å². The van der Waals surface area contributed by atoms with Crippen molar-refractivity contribution in [3.63, 3.8) is 0 Å². The summed E-state index contributed by atoms with van der Waals surface area (Å²) in [4.78, 5) is 12.2. The predicted octanol–water partition coefficient (Wildman–Crippen LogP) is 1.06. The molecule has 0 heterocycles. The van der Waals surface area contributed by atoms with Crippen molar-refractivity contribution in [1.29, 1.82) is 0 Å². The Labute approximate surface area is 130 Å². The molecule has 116 valence electrons. The highest BCUT2D eigenvalue weighted by atomic mass is 16.3. The number of hydrogen-bond acceptors (Lipinski definition) is 4. The summed E-state index contributed by atoms with van der Waals surface area (Å²) < 4.78 is 0. The molecule has 0 bridgehead atoms. The number of aliphatic hydroxyl groups is 1. The van der Waals surface area contributed by atoms with Gasteiger partial charge < -0.3 is 16.6 Å². The van der Waals surface area contributed by atoms with Crippen molar-refractivity contribution in [1.82, 2.24) is 0 Å². The molecule has 22 heavy (non-hydrogen) atoms. The third-order valence-corrected chi connectivity index (χ3v) is 3.68. The standard InChI is InChI=1S/C18H22N2O2/c19-15(11-13-7-3-1-4-8-13)17(21)18(22)16(20)12-14-9-5-2-6-10-14/h1-10,15-17,21H,11-12,19-20H2/t15-,16-,17-/m0/s1. The Morgan fingerprint density at radius 1 is 0.864 bits per heavy atom. The van der Waals surface area contributed by atoms with E-state index in [1.165, 1.54) is 0 Å². The largest absolute Gasteiger partial charge is 0.384 e. The normalized spacial score (nSPS) is 15.0. The summed E-state index contributed by atoms with van der Waals surface area (Å²) in [6.45, 7) is 0. The van der Waals surface area contributed by atoms with Gasteiger partial charge in [-0.25, -0.2) is 0 Å². The van der Waals surface area contributed by atoms with Gasteiger partial charge in [0.2, 0.25) is 0 Å². The Balaban J connectivity index is 1.93. The van der Waals surface area contributed by atoms with E-state index in [4.69, 9.17) is 11.5 Å². The molecular formula is C18H22N2O2. The first-order chi connectivity index (χ1) is 10.6. The van der Waals surface area contributed by atoms with Crippen LogP contribution in [0.25, 0.3) is 0 Å². The van der Waals surface area contributed by atoms with Crippen molar-refractivity contribution < 1.29 is 9.90 Å². The summed E-state index contributed by atoms with van der Waals surface area (Å²) in [5.41, 5.74) is 13.8. The zero-order chi connectivity index (χ0) is 15.9. The summed E-state index contributed by atoms with van der Waals surface area (Å²) in [7, 11) is 0. The number of carbonyl (C=O) groups excluding carboxylic acids is 1. The molecule has 2 aromatic carbocycles. The molecule has 0 unspecified atom stereocenters. The molecule has 0 amide bonds. The van der Waals surface area contributed by atoms with Crippen LogP contribution < -0.4 is 11.5 Å². The van der Waals surface area contributed by atoms with E-state index in [0.717, 1.165) is 11.1 Å². The zero-order valence-electron chi connectivity index (χ0n) is 12.4. The monoisotopic (exact) mass is 298 g/mol. The Morgan fingerprint density at radius 3 is 1.82 bits per heavy atom. The van der Waals surface area contributed by atoms with E-state index in [2.05, 4.69) is 0 Å². The minimum absolute atomic E-state index is 0.398. The van der Waals surface area contributed by atoms with Crippen LogP contribution in [0.5, 0.6) is 0 Å². The molecule has 0 aliphatic rings. The van der Waals surface area contributed by atoms with Crippen LogP contribution in [0, 0.1) is 0 Å². The maximum absolute atomic E-state index is 12.2. The predicted molar refractivity (Wildman–Crippen MR) is 87.3 cm³/mol. The molecule has 2 rings (SSSR count). The SMILES string of the molecule is N[C@@H](Cc1ccccc1)C(=O)[C@@H](O)[C@@H](N)Cc1ccccc1. The van der Waals surface area contributed by atoms with Gasteiger partial charge >= 0.3 is 0 Å². The van der Waals surface area contributed by atoms with E-state index in [0.29, 0.717) is 12.8 Å². The summed E-state index contributed by atoms with van der Waals surface area (Å²) >= 11 is 0. The lowest BCUT2D eigenvalue weighted by Crippen LogP contribution is -2.49. The van der Waals surface area contributed by atoms with Gasteiger partial charge in [0.1, 0.15) is 6.10 Å². The molecule has 0 aliphatic carbocycles. The Hall–Kier alpha value is -2.01. The summed E-state index contributed by atoms with van der Waals surface area (Å²) in [6.07, 6.45) is -0.417. The van der Waals surface area contributed by atoms with Gasteiger partial charge in [-0.1, -0.05) is 60.7 Å². The van der Waals surface area contributed by atoms with Gasteiger partial charge in [0.15, 0.2) is 5.78 Å². The first-order valence-corrected chi connectivity index (χ1v) is 7.38. The highest BCUT2D eigenvalue weighted by Crippen LogP contribution is 2.09. The number of ketones is 1. The van der Waals surface area contributed by atoms with Crippen LogP contribution >= 0.6 is 0 Å². The molecule has 3 atom stereocenters. The van der Waals surface area contributed by atoms with Gasteiger partial charge in [0, 0.05) is 6.04 Å². The number of hydrogen-bond donors (Lipinski definition) is 3. The number of rotatable bonds is 7. The molecular weight excluding hydrogens is 276 g/mol. The van der Waals surface area contributed by atoms with E-state index in [1.54, 1.807) is 0 Å². The molecule has 5 N–H and O–H groups in total. The van der Waals surface area contributed by atoms with E-state index >= 15 is 0 Å². The number of benzene rings is 2. The Morgan fingerprint density at radius 2 is 1.32 bits per heavy atom. The van der Waals surface area contributed by atoms with Crippen LogP contribution in [0.4, 0.5) is 0 Å². The summed E-state index contributed by atoms with van der Waals surface area (Å²) in [5.74, 6) is -0.410. The van der Waals surface area contributed by atoms with Crippen LogP contribution in [0.2, 0.25) is 0 Å². The van der Waals surface area contributed by atoms with Crippen molar-refractivity contribution >= 4 is 5.78 Å². The lowest BCUT2D eigenvalue weighted by atomic mass is 9.93.